The third-order valence-corrected chi connectivity index (χ3v) is 3.43. The second-order valence-corrected chi connectivity index (χ2v) is 4.96. The fourth-order valence-electron chi connectivity index (χ4n) is 2.39. The average Bonchev–Trinajstić information content (AvgIpc) is 2.44. The lowest BCUT2D eigenvalue weighted by atomic mass is 10.1. The van der Waals surface area contributed by atoms with Crippen LogP contribution in [0.15, 0.2) is 4.99 Å². The minimum absolute atomic E-state index is 0. The van der Waals surface area contributed by atoms with E-state index in [0.717, 1.165) is 25.7 Å². The molecule has 1 aliphatic heterocycles. The van der Waals surface area contributed by atoms with E-state index in [2.05, 4.69) is 27.4 Å². The van der Waals surface area contributed by atoms with Gasteiger partial charge in [-0.1, -0.05) is 6.92 Å². The predicted octanol–water partition coefficient (Wildman–Crippen LogP) is 1.68. The van der Waals surface area contributed by atoms with Crippen molar-refractivity contribution in [2.45, 2.75) is 39.2 Å². The highest BCUT2D eigenvalue weighted by Crippen LogP contribution is 2.10. The first-order valence-electron chi connectivity index (χ1n) is 7.57. The van der Waals surface area contributed by atoms with Gasteiger partial charge in [0.05, 0.1) is 6.61 Å². The molecule has 0 unspecified atom stereocenters. The Hall–Kier alpha value is -0.0800. The smallest absolute Gasteiger partial charge is 0.191 e. The summed E-state index contributed by atoms with van der Waals surface area (Å²) in [6, 6.07) is 0.548. The number of ether oxygens (including phenoxy) is 1. The van der Waals surface area contributed by atoms with Gasteiger partial charge in [0.15, 0.2) is 5.96 Å². The van der Waals surface area contributed by atoms with Crippen LogP contribution in [0, 0.1) is 0 Å². The number of nitrogens with zero attached hydrogens (tertiary/aromatic N) is 2. The van der Waals surface area contributed by atoms with Crippen LogP contribution >= 0.6 is 24.0 Å². The lowest BCUT2D eigenvalue weighted by Crippen LogP contribution is -2.49. The number of hydrogen-bond acceptors (Lipinski definition) is 3. The van der Waals surface area contributed by atoms with Crippen molar-refractivity contribution < 1.29 is 4.74 Å². The van der Waals surface area contributed by atoms with Gasteiger partial charge in [0.25, 0.3) is 0 Å². The van der Waals surface area contributed by atoms with Crippen LogP contribution < -0.4 is 10.6 Å². The molecule has 1 rings (SSSR count). The summed E-state index contributed by atoms with van der Waals surface area (Å²) in [7, 11) is 1.82. The summed E-state index contributed by atoms with van der Waals surface area (Å²) in [6.07, 6.45) is 3.65. The number of hydrogen-bond donors (Lipinski definition) is 2. The highest BCUT2D eigenvalue weighted by atomic mass is 127. The van der Waals surface area contributed by atoms with Crippen LogP contribution in [-0.4, -0.2) is 63.3 Å². The molecule has 0 amide bonds. The van der Waals surface area contributed by atoms with E-state index in [1.807, 2.05) is 14.0 Å². The van der Waals surface area contributed by atoms with E-state index >= 15 is 0 Å². The van der Waals surface area contributed by atoms with E-state index in [1.54, 1.807) is 0 Å². The summed E-state index contributed by atoms with van der Waals surface area (Å²) >= 11 is 0. The Balaban J connectivity index is 0.00000361. The summed E-state index contributed by atoms with van der Waals surface area (Å²) in [4.78, 5) is 6.81. The maximum absolute atomic E-state index is 5.31. The van der Waals surface area contributed by atoms with Gasteiger partial charge in [-0.05, 0) is 32.7 Å². The Labute approximate surface area is 140 Å². The Morgan fingerprint density at radius 3 is 2.55 bits per heavy atom. The zero-order chi connectivity index (χ0) is 13.9. The molecule has 2 N–H and O–H groups in total. The van der Waals surface area contributed by atoms with Crippen LogP contribution in [0.5, 0.6) is 0 Å². The van der Waals surface area contributed by atoms with Crippen molar-refractivity contribution >= 4 is 29.9 Å². The molecule has 1 heterocycles. The van der Waals surface area contributed by atoms with Crippen molar-refractivity contribution in [3.05, 3.63) is 0 Å². The van der Waals surface area contributed by atoms with Crippen molar-refractivity contribution in [2.24, 2.45) is 4.99 Å². The minimum Gasteiger partial charge on any atom is -0.380 e. The van der Waals surface area contributed by atoms with Crippen LogP contribution in [0.3, 0.4) is 0 Å². The fourth-order valence-corrected chi connectivity index (χ4v) is 2.39. The molecule has 0 spiro atoms. The number of guanidine groups is 1. The van der Waals surface area contributed by atoms with E-state index in [-0.39, 0.29) is 24.0 Å². The van der Waals surface area contributed by atoms with Crippen molar-refractivity contribution in [1.82, 2.24) is 15.5 Å². The first-order valence-corrected chi connectivity index (χ1v) is 7.57. The zero-order valence-electron chi connectivity index (χ0n) is 13.2. The largest absolute Gasteiger partial charge is 0.380 e. The standard InChI is InChI=1S/C14H30N4O.HI/c1-4-9-18-10-6-13(7-11-18)17-14(15-3)16-8-12-19-5-2;/h13H,4-12H2,1-3H3,(H2,15,16,17);1H. The Morgan fingerprint density at radius 1 is 1.30 bits per heavy atom. The molecule has 0 aliphatic carbocycles. The molecule has 0 aromatic carbocycles. The second-order valence-electron chi connectivity index (χ2n) is 4.96. The molecule has 1 fully saturated rings. The van der Waals surface area contributed by atoms with Gasteiger partial charge in [-0.25, -0.2) is 0 Å². The molecule has 120 valence electrons. The number of halogens is 1. The van der Waals surface area contributed by atoms with Crippen molar-refractivity contribution in [1.29, 1.82) is 0 Å². The molecule has 1 saturated heterocycles. The topological polar surface area (TPSA) is 48.9 Å². The van der Waals surface area contributed by atoms with Gasteiger partial charge >= 0.3 is 0 Å². The maximum Gasteiger partial charge on any atom is 0.191 e. The second kappa shape index (κ2) is 12.6. The number of likely N-dealkylation sites (tertiary alicyclic amines) is 1. The summed E-state index contributed by atoms with van der Waals surface area (Å²) in [6.45, 7) is 10.2. The third-order valence-electron chi connectivity index (χ3n) is 3.43. The van der Waals surface area contributed by atoms with Gasteiger partial charge < -0.3 is 20.3 Å². The first-order chi connectivity index (χ1) is 9.30. The van der Waals surface area contributed by atoms with E-state index in [1.165, 1.54) is 38.9 Å². The summed E-state index contributed by atoms with van der Waals surface area (Å²) in [5.74, 6) is 0.897. The van der Waals surface area contributed by atoms with Crippen LogP contribution in [0.2, 0.25) is 0 Å². The summed E-state index contributed by atoms with van der Waals surface area (Å²) in [5.41, 5.74) is 0. The highest BCUT2D eigenvalue weighted by Gasteiger charge is 2.18. The average molecular weight is 398 g/mol. The van der Waals surface area contributed by atoms with Crippen molar-refractivity contribution in [3.8, 4) is 0 Å². The number of nitrogens with one attached hydrogen (secondary N) is 2. The van der Waals surface area contributed by atoms with Gasteiger partial charge in [0, 0.05) is 39.3 Å². The van der Waals surface area contributed by atoms with Gasteiger partial charge in [-0.2, -0.15) is 0 Å². The molecule has 20 heavy (non-hydrogen) atoms. The van der Waals surface area contributed by atoms with Crippen molar-refractivity contribution in [2.75, 3.05) is 46.4 Å². The number of rotatable bonds is 7. The number of piperidine rings is 1. The molecule has 0 aromatic rings. The molecular weight excluding hydrogens is 367 g/mol. The number of aliphatic imine (C=N–C) groups is 1. The fraction of sp³-hybridized carbons (Fsp3) is 0.929. The van der Waals surface area contributed by atoms with Crippen LogP contribution in [0.25, 0.3) is 0 Å². The summed E-state index contributed by atoms with van der Waals surface area (Å²) in [5, 5.41) is 6.79. The molecule has 0 aromatic heterocycles. The SMILES string of the molecule is CCCN1CCC(NC(=NC)NCCOCC)CC1.I. The van der Waals surface area contributed by atoms with E-state index in [9.17, 15) is 0 Å². The zero-order valence-corrected chi connectivity index (χ0v) is 15.5. The highest BCUT2D eigenvalue weighted by molar-refractivity contribution is 14.0. The molecule has 0 radical (unpaired) electrons. The normalized spacial score (nSPS) is 17.6. The maximum atomic E-state index is 5.31. The molecule has 5 nitrogen and oxygen atoms in total. The molecule has 0 saturated carbocycles. The van der Waals surface area contributed by atoms with Crippen LogP contribution in [0.1, 0.15) is 33.1 Å². The van der Waals surface area contributed by atoms with Crippen molar-refractivity contribution in [3.63, 3.8) is 0 Å². The Bertz CT molecular complexity index is 256. The monoisotopic (exact) mass is 398 g/mol. The molecule has 1 aliphatic rings. The van der Waals surface area contributed by atoms with Crippen LogP contribution in [0.4, 0.5) is 0 Å². The van der Waals surface area contributed by atoms with Crippen LogP contribution in [-0.2, 0) is 4.74 Å². The minimum atomic E-state index is 0. The van der Waals surface area contributed by atoms with Gasteiger partial charge in [-0.15, -0.1) is 24.0 Å². The molecule has 6 heteroatoms. The lowest BCUT2D eigenvalue weighted by molar-refractivity contribution is 0.152. The van der Waals surface area contributed by atoms with E-state index < -0.39 is 0 Å². The predicted molar refractivity (Wildman–Crippen MR) is 96.2 cm³/mol. The van der Waals surface area contributed by atoms with Gasteiger partial charge in [0.2, 0.25) is 0 Å². The quantitative estimate of drug-likeness (QED) is 0.297. The first kappa shape index (κ1) is 19.9. The Morgan fingerprint density at radius 2 is 2.00 bits per heavy atom. The molecule has 0 bridgehead atoms. The third kappa shape index (κ3) is 8.26. The van der Waals surface area contributed by atoms with E-state index in [4.69, 9.17) is 4.74 Å². The molecule has 0 atom stereocenters. The van der Waals surface area contributed by atoms with Gasteiger partial charge in [-0.3, -0.25) is 4.99 Å². The van der Waals surface area contributed by atoms with E-state index in [0.29, 0.717) is 6.04 Å². The molecular formula is C14H31IN4O. The lowest BCUT2D eigenvalue weighted by Gasteiger charge is -2.32. The van der Waals surface area contributed by atoms with Gasteiger partial charge in [0.1, 0.15) is 0 Å². The summed E-state index contributed by atoms with van der Waals surface area (Å²) < 4.78 is 5.31. The Kier molecular flexibility index (Phi) is 12.6.